The van der Waals surface area contributed by atoms with Crippen molar-refractivity contribution in [1.82, 2.24) is 15.2 Å². The van der Waals surface area contributed by atoms with E-state index in [1.165, 1.54) is 10.5 Å². The molecule has 1 fully saturated rings. The van der Waals surface area contributed by atoms with Crippen LogP contribution in [0.1, 0.15) is 35.6 Å². The fourth-order valence-corrected chi connectivity index (χ4v) is 5.01. The number of aliphatic carboxylic acids is 1. The number of thioether (sulfide) groups is 1. The molecule has 4 rings (SSSR count). The zero-order chi connectivity index (χ0) is 25.5. The van der Waals surface area contributed by atoms with Crippen LogP contribution in [0.3, 0.4) is 0 Å². The summed E-state index contributed by atoms with van der Waals surface area (Å²) in [5.74, 6) is -0.564. The molecule has 0 saturated carbocycles. The van der Waals surface area contributed by atoms with Crippen LogP contribution in [0.2, 0.25) is 0 Å². The van der Waals surface area contributed by atoms with E-state index in [9.17, 15) is 9.90 Å². The number of likely N-dealkylation sites (tertiary alicyclic amines) is 1. The van der Waals surface area contributed by atoms with Crippen molar-refractivity contribution in [1.29, 1.82) is 0 Å². The maximum atomic E-state index is 11.2. The average molecular weight is 508 g/mol. The SMILES string of the molecule is COc1ccc2c(/C=C/C(=O)O)ccc(C(O)CN3CCC(NCc4ccc(SC)cc4)CC3)c2n1. The molecule has 2 aromatic carbocycles. The number of nitrogens with one attached hydrogen (secondary N) is 1. The monoisotopic (exact) mass is 507 g/mol. The number of piperidine rings is 1. The van der Waals surface area contributed by atoms with Crippen LogP contribution >= 0.6 is 11.8 Å². The van der Waals surface area contributed by atoms with Crippen molar-refractivity contribution in [3.63, 3.8) is 0 Å². The van der Waals surface area contributed by atoms with Crippen LogP contribution in [-0.4, -0.2) is 65.1 Å². The van der Waals surface area contributed by atoms with Crippen molar-refractivity contribution in [2.24, 2.45) is 0 Å². The van der Waals surface area contributed by atoms with E-state index in [0.717, 1.165) is 49.5 Å². The Balaban J connectivity index is 1.38. The molecule has 0 radical (unpaired) electrons. The molecule has 0 aliphatic carbocycles. The maximum absolute atomic E-state index is 11.2. The smallest absolute Gasteiger partial charge is 0.328 e. The number of nitrogens with zero attached hydrogens (tertiary/aromatic N) is 2. The highest BCUT2D eigenvalue weighted by Crippen LogP contribution is 2.30. The molecule has 2 heterocycles. The number of carbonyl (C=O) groups is 1. The number of aromatic nitrogens is 1. The van der Waals surface area contributed by atoms with Gasteiger partial charge in [0.1, 0.15) is 0 Å². The number of aliphatic hydroxyl groups excluding tert-OH is 1. The Morgan fingerprint density at radius 1 is 1.19 bits per heavy atom. The normalized spacial score (nSPS) is 16.0. The molecular formula is C28H33N3O4S. The van der Waals surface area contributed by atoms with Gasteiger partial charge in [-0.05, 0) is 67.6 Å². The Kier molecular flexibility index (Phi) is 8.98. The van der Waals surface area contributed by atoms with Gasteiger partial charge in [-0.15, -0.1) is 11.8 Å². The minimum atomic E-state index is -1.01. The first-order valence-electron chi connectivity index (χ1n) is 12.1. The van der Waals surface area contributed by atoms with Crippen LogP contribution in [0, 0.1) is 0 Å². The summed E-state index contributed by atoms with van der Waals surface area (Å²) in [6.45, 7) is 3.20. The number of benzene rings is 2. The van der Waals surface area contributed by atoms with Crippen LogP contribution in [0.15, 0.2) is 59.5 Å². The van der Waals surface area contributed by atoms with Crippen LogP contribution < -0.4 is 10.1 Å². The van der Waals surface area contributed by atoms with Crippen molar-refractivity contribution >= 4 is 34.7 Å². The molecule has 1 unspecified atom stereocenters. The number of rotatable bonds is 10. The number of carboxylic acid groups (broad SMARTS) is 1. The Morgan fingerprint density at radius 3 is 2.61 bits per heavy atom. The Morgan fingerprint density at radius 2 is 1.94 bits per heavy atom. The highest BCUT2D eigenvalue weighted by Gasteiger charge is 2.23. The third-order valence-electron chi connectivity index (χ3n) is 6.64. The van der Waals surface area contributed by atoms with Crippen LogP contribution in [0.5, 0.6) is 5.88 Å². The highest BCUT2D eigenvalue weighted by atomic mass is 32.2. The average Bonchev–Trinajstić information content (AvgIpc) is 2.91. The van der Waals surface area contributed by atoms with Gasteiger partial charge >= 0.3 is 5.97 Å². The molecule has 1 aliphatic heterocycles. The molecule has 36 heavy (non-hydrogen) atoms. The number of hydrogen-bond donors (Lipinski definition) is 3. The highest BCUT2D eigenvalue weighted by molar-refractivity contribution is 7.98. The van der Waals surface area contributed by atoms with Gasteiger partial charge in [0.05, 0.1) is 18.7 Å². The number of carboxylic acids is 1. The summed E-state index contributed by atoms with van der Waals surface area (Å²) in [5, 5.41) is 24.6. The molecule has 3 N–H and O–H groups in total. The predicted octanol–water partition coefficient (Wildman–Crippen LogP) is 4.35. The lowest BCUT2D eigenvalue weighted by Crippen LogP contribution is -2.43. The zero-order valence-electron chi connectivity index (χ0n) is 20.7. The lowest BCUT2D eigenvalue weighted by Gasteiger charge is -2.33. The van der Waals surface area contributed by atoms with E-state index in [0.29, 0.717) is 29.5 Å². The summed E-state index contributed by atoms with van der Waals surface area (Å²) in [5.41, 5.74) is 3.36. The standard InChI is InChI=1S/C28H33N3O4S/c1-35-26-11-10-23-20(6-12-27(33)34)5-9-24(28(23)30-26)25(32)18-31-15-13-21(14-16-31)29-17-19-3-7-22(36-2)8-4-19/h3-12,21,25,29,32H,13-18H2,1-2H3,(H,33,34)/b12-6+. The van der Waals surface area contributed by atoms with Gasteiger partial charge in [0.15, 0.2) is 0 Å². The molecule has 0 amide bonds. The van der Waals surface area contributed by atoms with E-state index in [1.54, 1.807) is 31.0 Å². The third kappa shape index (κ3) is 6.64. The minimum Gasteiger partial charge on any atom is -0.481 e. The van der Waals surface area contributed by atoms with Crippen molar-refractivity contribution in [2.45, 2.75) is 36.4 Å². The summed E-state index contributed by atoms with van der Waals surface area (Å²) < 4.78 is 5.30. The number of pyridine rings is 1. The van der Waals surface area contributed by atoms with Crippen molar-refractivity contribution in [3.05, 3.63) is 71.3 Å². The van der Waals surface area contributed by atoms with Crippen molar-refractivity contribution < 1.29 is 19.7 Å². The largest absolute Gasteiger partial charge is 0.481 e. The van der Waals surface area contributed by atoms with Gasteiger partial charge in [-0.25, -0.2) is 9.78 Å². The van der Waals surface area contributed by atoms with Crippen LogP contribution in [-0.2, 0) is 11.3 Å². The zero-order valence-corrected chi connectivity index (χ0v) is 21.5. The van der Waals surface area contributed by atoms with Gasteiger partial charge < -0.3 is 25.2 Å². The second-order valence-electron chi connectivity index (χ2n) is 8.99. The second kappa shape index (κ2) is 12.4. The number of fused-ring (bicyclic) bond motifs is 1. The lowest BCUT2D eigenvalue weighted by atomic mass is 9.98. The molecule has 190 valence electrons. The molecule has 1 atom stereocenters. The summed E-state index contributed by atoms with van der Waals surface area (Å²) in [6, 6.07) is 16.4. The molecule has 7 nitrogen and oxygen atoms in total. The van der Waals surface area contributed by atoms with Gasteiger partial charge in [0.25, 0.3) is 0 Å². The molecule has 0 spiro atoms. The number of ether oxygens (including phenoxy) is 1. The quantitative estimate of drug-likeness (QED) is 0.275. The Labute approximate surface area is 216 Å². The maximum Gasteiger partial charge on any atom is 0.328 e. The molecule has 1 saturated heterocycles. The predicted molar refractivity (Wildman–Crippen MR) is 144 cm³/mol. The summed E-state index contributed by atoms with van der Waals surface area (Å²) in [6.07, 6.45) is 6.08. The van der Waals surface area contributed by atoms with Gasteiger partial charge in [-0.2, -0.15) is 0 Å². The third-order valence-corrected chi connectivity index (χ3v) is 7.39. The molecule has 0 bridgehead atoms. The van der Waals surface area contributed by atoms with E-state index in [4.69, 9.17) is 9.84 Å². The van der Waals surface area contributed by atoms with E-state index >= 15 is 0 Å². The van der Waals surface area contributed by atoms with Crippen LogP contribution in [0.25, 0.3) is 17.0 Å². The molecule has 8 heteroatoms. The van der Waals surface area contributed by atoms with E-state index in [1.807, 2.05) is 18.2 Å². The van der Waals surface area contributed by atoms with Crippen molar-refractivity contribution in [3.8, 4) is 5.88 Å². The lowest BCUT2D eigenvalue weighted by molar-refractivity contribution is -0.131. The summed E-state index contributed by atoms with van der Waals surface area (Å²) >= 11 is 1.75. The number of methoxy groups -OCH3 is 1. The molecule has 1 aliphatic rings. The molecule has 1 aromatic heterocycles. The first-order chi connectivity index (χ1) is 17.5. The van der Waals surface area contributed by atoms with E-state index in [-0.39, 0.29) is 0 Å². The van der Waals surface area contributed by atoms with Crippen molar-refractivity contribution in [2.75, 3.05) is 33.0 Å². The number of β-amino-alcohol motifs (C(OH)–C–C–N with tert-alkyl or cyclic N) is 1. The van der Waals surface area contributed by atoms with Gasteiger partial charge in [-0.1, -0.05) is 24.3 Å². The Hall–Kier alpha value is -2.91. The minimum absolute atomic E-state index is 0.449. The fraction of sp³-hybridized carbons (Fsp3) is 0.357. The topological polar surface area (TPSA) is 94.9 Å². The molecular weight excluding hydrogens is 474 g/mol. The second-order valence-corrected chi connectivity index (χ2v) is 9.86. The number of aliphatic hydroxyl groups is 1. The first kappa shape index (κ1) is 26.2. The first-order valence-corrected chi connectivity index (χ1v) is 13.3. The fourth-order valence-electron chi connectivity index (χ4n) is 4.60. The summed E-state index contributed by atoms with van der Waals surface area (Å²) in [4.78, 5) is 19.1. The van der Waals surface area contributed by atoms with E-state index in [2.05, 4.69) is 45.7 Å². The van der Waals surface area contributed by atoms with Gasteiger partial charge in [0.2, 0.25) is 5.88 Å². The molecule has 3 aromatic rings. The van der Waals surface area contributed by atoms with Crippen LogP contribution in [0.4, 0.5) is 0 Å². The number of hydrogen-bond acceptors (Lipinski definition) is 7. The van der Waals surface area contributed by atoms with E-state index < -0.39 is 12.1 Å². The Bertz CT molecular complexity index is 1210. The van der Waals surface area contributed by atoms with Gasteiger partial charge in [-0.3, -0.25) is 0 Å². The summed E-state index contributed by atoms with van der Waals surface area (Å²) in [7, 11) is 1.55. The van der Waals surface area contributed by atoms with Gasteiger partial charge in [0, 0.05) is 47.1 Å².